The minimum atomic E-state index is -0.622. The molecule has 1 unspecified atom stereocenters. The third-order valence-corrected chi connectivity index (χ3v) is 5.04. The van der Waals surface area contributed by atoms with Gasteiger partial charge in [-0.2, -0.15) is 0 Å². The van der Waals surface area contributed by atoms with E-state index in [2.05, 4.69) is 4.85 Å². The van der Waals surface area contributed by atoms with Gasteiger partial charge < -0.3 is 5.73 Å². The average Bonchev–Trinajstić information content (AvgIpc) is 3.17. The van der Waals surface area contributed by atoms with Crippen LogP contribution in [0.5, 0.6) is 0 Å². The number of fused-ring (bicyclic) bond motifs is 1. The van der Waals surface area contributed by atoms with Gasteiger partial charge in [0.05, 0.1) is 6.04 Å². The Kier molecular flexibility index (Phi) is 3.26. The van der Waals surface area contributed by atoms with Gasteiger partial charge in [-0.25, -0.2) is 6.57 Å². The number of carbonyl (C=O) groups is 1. The maximum atomic E-state index is 12.8. The van der Waals surface area contributed by atoms with Gasteiger partial charge in [-0.05, 0) is 17.9 Å². The van der Waals surface area contributed by atoms with Crippen molar-refractivity contribution in [1.82, 2.24) is 4.90 Å². The highest BCUT2D eigenvalue weighted by Gasteiger charge is 2.58. The van der Waals surface area contributed by atoms with Gasteiger partial charge in [0.15, 0.2) is 0 Å². The average molecular weight is 283 g/mol. The number of hydrogen-bond donors (Lipinski definition) is 1. The van der Waals surface area contributed by atoms with Crippen LogP contribution in [0.15, 0.2) is 30.3 Å². The molecule has 1 heterocycles. The summed E-state index contributed by atoms with van der Waals surface area (Å²) in [7, 11) is 0. The Labute approximate surface area is 125 Å². The first-order valence-electron chi connectivity index (χ1n) is 7.46. The van der Waals surface area contributed by atoms with Crippen molar-refractivity contribution in [3.63, 3.8) is 0 Å². The highest BCUT2D eigenvalue weighted by molar-refractivity contribution is 5.85. The number of nitrogens with two attached hydrogens (primary N) is 1. The van der Waals surface area contributed by atoms with Crippen molar-refractivity contribution in [3.8, 4) is 0 Å². The van der Waals surface area contributed by atoms with Crippen LogP contribution in [0.1, 0.15) is 32.3 Å². The number of piperidine rings is 1. The van der Waals surface area contributed by atoms with E-state index < -0.39 is 11.5 Å². The lowest BCUT2D eigenvalue weighted by Gasteiger charge is -2.34. The quantitative estimate of drug-likeness (QED) is 0.864. The third kappa shape index (κ3) is 2.22. The molecule has 0 aromatic heterocycles. The van der Waals surface area contributed by atoms with Crippen LogP contribution >= 0.6 is 0 Å². The normalized spacial score (nSPS) is 28.7. The summed E-state index contributed by atoms with van der Waals surface area (Å²) in [4.78, 5) is 18.2. The molecule has 1 amide bonds. The standard InChI is InChI=1S/C17H21N3O/c1-17(2,12-7-5-4-6-8-12)15(18)16(21)20-13-9-11(13)10-14(20)19-3/h4-8,11,13-15H,9-10,18H2,1-2H3/t11-,13-,14?,15+/m0/s1. The molecule has 4 nitrogen and oxygen atoms in total. The summed E-state index contributed by atoms with van der Waals surface area (Å²) in [5.74, 6) is 0.454. The van der Waals surface area contributed by atoms with Crippen LogP contribution in [-0.2, 0) is 10.2 Å². The first-order valence-corrected chi connectivity index (χ1v) is 7.46. The summed E-state index contributed by atoms with van der Waals surface area (Å²) in [6.45, 7) is 11.3. The van der Waals surface area contributed by atoms with Crippen LogP contribution in [0.2, 0.25) is 0 Å². The molecule has 0 bridgehead atoms. The molecule has 2 N–H and O–H groups in total. The zero-order chi connectivity index (χ0) is 15.2. The highest BCUT2D eigenvalue weighted by Crippen LogP contribution is 2.48. The minimum absolute atomic E-state index is 0.0742. The van der Waals surface area contributed by atoms with Crippen molar-refractivity contribution >= 4 is 5.91 Å². The van der Waals surface area contributed by atoms with Crippen LogP contribution in [0, 0.1) is 12.5 Å². The molecule has 1 saturated heterocycles. The fourth-order valence-corrected chi connectivity index (χ4v) is 3.37. The molecule has 1 aliphatic heterocycles. The number of nitrogens with zero attached hydrogens (tertiary/aromatic N) is 2. The smallest absolute Gasteiger partial charge is 0.301 e. The topological polar surface area (TPSA) is 50.7 Å². The fraction of sp³-hybridized carbons (Fsp3) is 0.529. The van der Waals surface area contributed by atoms with E-state index in [4.69, 9.17) is 12.3 Å². The van der Waals surface area contributed by atoms with Gasteiger partial charge in [0.2, 0.25) is 5.91 Å². The van der Waals surface area contributed by atoms with Crippen molar-refractivity contribution in [1.29, 1.82) is 0 Å². The third-order valence-electron chi connectivity index (χ3n) is 5.04. The number of amides is 1. The van der Waals surface area contributed by atoms with E-state index in [9.17, 15) is 4.79 Å². The Morgan fingerprint density at radius 2 is 2.05 bits per heavy atom. The number of carbonyl (C=O) groups excluding carboxylic acids is 1. The Bertz CT molecular complexity index is 590. The lowest BCUT2D eigenvalue weighted by atomic mass is 9.77. The Balaban J connectivity index is 1.83. The van der Waals surface area contributed by atoms with Crippen LogP contribution in [0.4, 0.5) is 0 Å². The molecule has 21 heavy (non-hydrogen) atoms. The fourth-order valence-electron chi connectivity index (χ4n) is 3.37. The molecule has 0 spiro atoms. The van der Waals surface area contributed by atoms with E-state index in [-0.39, 0.29) is 18.1 Å². The molecule has 3 rings (SSSR count). The summed E-state index contributed by atoms with van der Waals surface area (Å²) < 4.78 is 0. The second-order valence-corrected chi connectivity index (χ2v) is 6.72. The zero-order valence-electron chi connectivity index (χ0n) is 12.5. The van der Waals surface area contributed by atoms with Crippen LogP contribution in [0.3, 0.4) is 0 Å². The van der Waals surface area contributed by atoms with Gasteiger partial charge in [0.1, 0.15) is 0 Å². The molecule has 4 atom stereocenters. The van der Waals surface area contributed by atoms with Gasteiger partial charge in [-0.15, -0.1) is 0 Å². The van der Waals surface area contributed by atoms with E-state index in [1.165, 1.54) is 0 Å². The van der Waals surface area contributed by atoms with Crippen molar-refractivity contribution in [2.75, 3.05) is 0 Å². The van der Waals surface area contributed by atoms with E-state index in [0.29, 0.717) is 5.92 Å². The molecule has 2 fully saturated rings. The van der Waals surface area contributed by atoms with E-state index in [1.54, 1.807) is 4.90 Å². The maximum absolute atomic E-state index is 12.8. The first kappa shape index (κ1) is 14.1. The number of rotatable bonds is 3. The Hall–Kier alpha value is -1.86. The number of likely N-dealkylation sites (tertiary alicyclic amines) is 1. The second kappa shape index (κ2) is 4.85. The molecule has 1 aromatic rings. The van der Waals surface area contributed by atoms with Crippen molar-refractivity contribution in [3.05, 3.63) is 47.3 Å². The predicted octanol–water partition coefficient (Wildman–Crippen LogP) is 2.16. The summed E-state index contributed by atoms with van der Waals surface area (Å²) in [5, 5.41) is 0. The van der Waals surface area contributed by atoms with Gasteiger partial charge in [-0.1, -0.05) is 44.2 Å². The molecule has 1 aromatic carbocycles. The number of benzene rings is 1. The van der Waals surface area contributed by atoms with Crippen LogP contribution < -0.4 is 5.73 Å². The lowest BCUT2D eigenvalue weighted by molar-refractivity contribution is -0.135. The van der Waals surface area contributed by atoms with Crippen molar-refractivity contribution in [2.45, 2.75) is 50.4 Å². The van der Waals surface area contributed by atoms with Gasteiger partial charge in [0.25, 0.3) is 0 Å². The van der Waals surface area contributed by atoms with Gasteiger partial charge in [-0.3, -0.25) is 14.5 Å². The maximum Gasteiger partial charge on any atom is 0.301 e. The zero-order valence-corrected chi connectivity index (χ0v) is 12.5. The Morgan fingerprint density at radius 1 is 1.38 bits per heavy atom. The summed E-state index contributed by atoms with van der Waals surface area (Å²) in [6, 6.07) is 9.52. The molecule has 1 aliphatic carbocycles. The molecule has 4 heteroatoms. The number of hydrogen-bond acceptors (Lipinski definition) is 2. The van der Waals surface area contributed by atoms with E-state index >= 15 is 0 Å². The van der Waals surface area contributed by atoms with Crippen molar-refractivity contribution in [2.24, 2.45) is 11.7 Å². The van der Waals surface area contributed by atoms with E-state index in [1.807, 2.05) is 44.2 Å². The monoisotopic (exact) mass is 283 g/mol. The van der Waals surface area contributed by atoms with Crippen molar-refractivity contribution < 1.29 is 4.79 Å². The molecule has 1 saturated carbocycles. The molecular weight excluding hydrogens is 262 g/mol. The van der Waals surface area contributed by atoms with Crippen LogP contribution in [0.25, 0.3) is 4.85 Å². The molecule has 0 radical (unpaired) electrons. The molecular formula is C17H21N3O. The Morgan fingerprint density at radius 3 is 2.67 bits per heavy atom. The molecule has 2 aliphatic rings. The molecule has 110 valence electrons. The summed E-state index contributed by atoms with van der Waals surface area (Å²) >= 11 is 0. The minimum Gasteiger partial charge on any atom is -0.319 e. The largest absolute Gasteiger partial charge is 0.319 e. The van der Waals surface area contributed by atoms with E-state index in [0.717, 1.165) is 18.4 Å². The highest BCUT2D eigenvalue weighted by atomic mass is 16.2. The SMILES string of the molecule is [C-]#[N+]C1C[C@@H]2C[C@@H]2N1C(=O)[C@@H](N)C(C)(C)c1ccccc1. The second-order valence-electron chi connectivity index (χ2n) is 6.72. The van der Waals surface area contributed by atoms with Gasteiger partial charge in [0, 0.05) is 17.9 Å². The van der Waals surface area contributed by atoms with Gasteiger partial charge >= 0.3 is 6.17 Å². The lowest BCUT2D eigenvalue weighted by Crippen LogP contribution is -2.54. The van der Waals surface area contributed by atoms with Crippen LogP contribution in [-0.4, -0.2) is 29.1 Å². The summed E-state index contributed by atoms with van der Waals surface area (Å²) in [6.07, 6.45) is 1.55. The predicted molar refractivity (Wildman–Crippen MR) is 81.2 cm³/mol. The summed E-state index contributed by atoms with van der Waals surface area (Å²) in [5.41, 5.74) is 6.92. The first-order chi connectivity index (χ1) is 9.96.